The predicted molar refractivity (Wildman–Crippen MR) is 57.4 cm³/mol. The number of hydrogen-bond donors (Lipinski definition) is 0. The topological polar surface area (TPSA) is 43.4 Å². The molecule has 2 atom stereocenters. The Morgan fingerprint density at radius 2 is 2.13 bits per heavy atom. The summed E-state index contributed by atoms with van der Waals surface area (Å²) < 4.78 is 4.82. The lowest BCUT2D eigenvalue weighted by Crippen LogP contribution is -2.42. The van der Waals surface area contributed by atoms with E-state index in [0.717, 1.165) is 19.3 Å². The SMILES string of the molecule is CCCC(=O)C1(C(=O)OC)CCCC1C. The zero-order valence-electron chi connectivity index (χ0n) is 9.84. The van der Waals surface area contributed by atoms with Crippen molar-refractivity contribution in [2.24, 2.45) is 11.3 Å². The molecule has 0 spiro atoms. The van der Waals surface area contributed by atoms with Crippen LogP contribution in [0.25, 0.3) is 0 Å². The van der Waals surface area contributed by atoms with Crippen molar-refractivity contribution in [3.05, 3.63) is 0 Å². The van der Waals surface area contributed by atoms with Crippen molar-refractivity contribution < 1.29 is 14.3 Å². The molecular formula is C12H20O3. The lowest BCUT2D eigenvalue weighted by atomic mass is 9.74. The third-order valence-corrected chi connectivity index (χ3v) is 3.57. The molecule has 1 aliphatic carbocycles. The zero-order valence-corrected chi connectivity index (χ0v) is 9.84. The molecule has 0 aliphatic heterocycles. The van der Waals surface area contributed by atoms with Crippen molar-refractivity contribution in [1.82, 2.24) is 0 Å². The van der Waals surface area contributed by atoms with Gasteiger partial charge < -0.3 is 4.74 Å². The van der Waals surface area contributed by atoms with Crippen molar-refractivity contribution in [3.8, 4) is 0 Å². The van der Waals surface area contributed by atoms with Gasteiger partial charge in [0.2, 0.25) is 0 Å². The molecule has 1 rings (SSSR count). The second-order valence-electron chi connectivity index (χ2n) is 4.43. The normalized spacial score (nSPS) is 30.2. The van der Waals surface area contributed by atoms with Gasteiger partial charge >= 0.3 is 5.97 Å². The molecule has 1 aliphatic rings. The average Bonchev–Trinajstić information content (AvgIpc) is 2.60. The fourth-order valence-corrected chi connectivity index (χ4v) is 2.64. The Morgan fingerprint density at radius 3 is 2.53 bits per heavy atom. The largest absolute Gasteiger partial charge is 0.468 e. The van der Waals surface area contributed by atoms with Crippen molar-refractivity contribution in [1.29, 1.82) is 0 Å². The van der Waals surface area contributed by atoms with E-state index in [1.54, 1.807) is 0 Å². The molecule has 0 N–H and O–H groups in total. The first-order valence-electron chi connectivity index (χ1n) is 5.71. The molecule has 1 fully saturated rings. The van der Waals surface area contributed by atoms with E-state index in [0.29, 0.717) is 12.8 Å². The number of hydrogen-bond acceptors (Lipinski definition) is 3. The minimum absolute atomic E-state index is 0.0712. The highest BCUT2D eigenvalue weighted by Crippen LogP contribution is 2.45. The summed E-state index contributed by atoms with van der Waals surface area (Å²) >= 11 is 0. The molecule has 86 valence electrons. The third kappa shape index (κ3) is 1.92. The molecule has 3 nitrogen and oxygen atoms in total. The maximum atomic E-state index is 12.1. The van der Waals surface area contributed by atoms with Gasteiger partial charge in [-0.25, -0.2) is 0 Å². The number of esters is 1. The van der Waals surface area contributed by atoms with E-state index in [1.165, 1.54) is 7.11 Å². The Bertz CT molecular complexity index is 260. The van der Waals surface area contributed by atoms with Crippen molar-refractivity contribution >= 4 is 11.8 Å². The first-order chi connectivity index (χ1) is 7.09. The van der Waals surface area contributed by atoms with Gasteiger partial charge in [-0.05, 0) is 25.2 Å². The van der Waals surface area contributed by atoms with Gasteiger partial charge in [-0.2, -0.15) is 0 Å². The number of ether oxygens (including phenoxy) is 1. The van der Waals surface area contributed by atoms with E-state index >= 15 is 0 Å². The minimum Gasteiger partial charge on any atom is -0.468 e. The van der Waals surface area contributed by atoms with E-state index in [9.17, 15) is 9.59 Å². The molecule has 0 amide bonds. The van der Waals surface area contributed by atoms with Gasteiger partial charge in [-0.1, -0.05) is 20.3 Å². The summed E-state index contributed by atoms with van der Waals surface area (Å²) in [7, 11) is 1.37. The molecule has 0 heterocycles. The third-order valence-electron chi connectivity index (χ3n) is 3.57. The molecule has 1 saturated carbocycles. The molecule has 0 bridgehead atoms. The summed E-state index contributed by atoms with van der Waals surface area (Å²) in [5.41, 5.74) is -0.829. The molecule has 0 aromatic rings. The highest BCUT2D eigenvalue weighted by atomic mass is 16.5. The van der Waals surface area contributed by atoms with E-state index < -0.39 is 5.41 Å². The summed E-state index contributed by atoms with van der Waals surface area (Å²) in [5, 5.41) is 0. The summed E-state index contributed by atoms with van der Waals surface area (Å²) in [6, 6.07) is 0. The molecule has 0 aromatic heterocycles. The van der Waals surface area contributed by atoms with Crippen LogP contribution >= 0.6 is 0 Å². The van der Waals surface area contributed by atoms with Crippen LogP contribution in [0, 0.1) is 11.3 Å². The van der Waals surface area contributed by atoms with E-state index in [1.807, 2.05) is 13.8 Å². The second kappa shape index (κ2) is 4.77. The van der Waals surface area contributed by atoms with Crippen LogP contribution < -0.4 is 0 Å². The number of methoxy groups -OCH3 is 1. The number of carbonyl (C=O) groups excluding carboxylic acids is 2. The Kier molecular flexibility index (Phi) is 3.89. The zero-order chi connectivity index (χ0) is 11.5. The highest BCUT2D eigenvalue weighted by Gasteiger charge is 2.52. The van der Waals surface area contributed by atoms with Crippen LogP contribution in [0.1, 0.15) is 46.0 Å². The first kappa shape index (κ1) is 12.2. The number of carbonyl (C=O) groups is 2. The van der Waals surface area contributed by atoms with Crippen LogP contribution in [0.4, 0.5) is 0 Å². The fourth-order valence-electron chi connectivity index (χ4n) is 2.64. The van der Waals surface area contributed by atoms with Gasteiger partial charge in [-0.3, -0.25) is 9.59 Å². The number of rotatable bonds is 4. The van der Waals surface area contributed by atoms with Gasteiger partial charge in [0, 0.05) is 6.42 Å². The molecule has 0 radical (unpaired) electrons. The highest BCUT2D eigenvalue weighted by molar-refractivity contribution is 6.04. The van der Waals surface area contributed by atoms with Gasteiger partial charge in [0.25, 0.3) is 0 Å². The number of Topliss-reactive ketones (excluding diaryl/α,β-unsaturated/α-hetero) is 1. The Hall–Kier alpha value is -0.860. The summed E-state index contributed by atoms with van der Waals surface area (Å²) in [5.74, 6) is -0.128. The van der Waals surface area contributed by atoms with Gasteiger partial charge in [0.15, 0.2) is 0 Å². The lowest BCUT2D eigenvalue weighted by Gasteiger charge is -2.29. The second-order valence-corrected chi connectivity index (χ2v) is 4.43. The fraction of sp³-hybridized carbons (Fsp3) is 0.833. The number of ketones is 1. The summed E-state index contributed by atoms with van der Waals surface area (Å²) in [6.45, 7) is 3.94. The van der Waals surface area contributed by atoms with Crippen molar-refractivity contribution in [2.75, 3.05) is 7.11 Å². The van der Waals surface area contributed by atoms with Crippen LogP contribution in [0.2, 0.25) is 0 Å². The summed E-state index contributed by atoms with van der Waals surface area (Å²) in [6.07, 6.45) is 3.85. The lowest BCUT2D eigenvalue weighted by molar-refractivity contribution is -0.160. The van der Waals surface area contributed by atoms with Crippen LogP contribution in [0.5, 0.6) is 0 Å². The molecule has 0 saturated heterocycles. The maximum Gasteiger partial charge on any atom is 0.319 e. The van der Waals surface area contributed by atoms with Gasteiger partial charge in [0.1, 0.15) is 11.2 Å². The minimum atomic E-state index is -0.829. The monoisotopic (exact) mass is 212 g/mol. The van der Waals surface area contributed by atoms with Gasteiger partial charge in [-0.15, -0.1) is 0 Å². The quantitative estimate of drug-likeness (QED) is 0.530. The molecule has 15 heavy (non-hydrogen) atoms. The van der Waals surface area contributed by atoms with E-state index in [4.69, 9.17) is 4.74 Å². The van der Waals surface area contributed by atoms with E-state index in [-0.39, 0.29) is 17.7 Å². The van der Waals surface area contributed by atoms with Gasteiger partial charge in [0.05, 0.1) is 7.11 Å². The van der Waals surface area contributed by atoms with Crippen LogP contribution in [-0.2, 0) is 14.3 Å². The standard InChI is InChI=1S/C12H20O3/c1-4-6-10(13)12(11(14)15-3)8-5-7-9(12)2/h9H,4-8H2,1-3H3. The van der Waals surface area contributed by atoms with Crippen LogP contribution in [-0.4, -0.2) is 18.9 Å². The Labute approximate surface area is 91.2 Å². The predicted octanol–water partition coefficient (Wildman–Crippen LogP) is 2.33. The first-order valence-corrected chi connectivity index (χ1v) is 5.71. The molecular weight excluding hydrogens is 192 g/mol. The smallest absolute Gasteiger partial charge is 0.319 e. The average molecular weight is 212 g/mol. The Morgan fingerprint density at radius 1 is 1.47 bits per heavy atom. The Balaban J connectivity index is 2.96. The molecule has 0 aromatic carbocycles. The van der Waals surface area contributed by atoms with Crippen LogP contribution in [0.3, 0.4) is 0 Å². The maximum absolute atomic E-state index is 12.1. The molecule has 2 unspecified atom stereocenters. The molecule has 3 heteroatoms. The van der Waals surface area contributed by atoms with E-state index in [2.05, 4.69) is 0 Å². The summed E-state index contributed by atoms with van der Waals surface area (Å²) in [4.78, 5) is 23.9. The van der Waals surface area contributed by atoms with Crippen LogP contribution in [0.15, 0.2) is 0 Å². The van der Waals surface area contributed by atoms with Crippen molar-refractivity contribution in [2.45, 2.75) is 46.0 Å². The van der Waals surface area contributed by atoms with Crippen molar-refractivity contribution in [3.63, 3.8) is 0 Å².